The maximum absolute atomic E-state index is 13.7. The Morgan fingerprint density at radius 1 is 1.19 bits per heavy atom. The van der Waals surface area contributed by atoms with Crippen LogP contribution in [0.1, 0.15) is 16.7 Å². The van der Waals surface area contributed by atoms with E-state index in [-0.39, 0.29) is 22.6 Å². The molecule has 2 aromatic rings. The van der Waals surface area contributed by atoms with Crippen molar-refractivity contribution in [2.24, 2.45) is 0 Å². The van der Waals surface area contributed by atoms with Crippen LogP contribution in [0.4, 0.5) is 4.39 Å². The fraction of sp³-hybridized carbons (Fsp3) is 0.133. The molecule has 0 aromatic heterocycles. The number of hydrogen-bond donors (Lipinski definition) is 1. The maximum atomic E-state index is 13.7. The molecule has 4 nitrogen and oxygen atoms in total. The van der Waals surface area contributed by atoms with Crippen molar-refractivity contribution in [3.05, 3.63) is 65.0 Å². The van der Waals surface area contributed by atoms with Gasteiger partial charge in [-0.05, 0) is 31.2 Å². The fourth-order valence-corrected chi connectivity index (χ4v) is 2.74. The second-order valence-corrected chi connectivity index (χ2v) is 6.32. The lowest BCUT2D eigenvalue weighted by Crippen LogP contribution is -2.23. The van der Waals surface area contributed by atoms with E-state index in [1.807, 2.05) is 13.0 Å². The van der Waals surface area contributed by atoms with E-state index in [0.717, 1.165) is 11.6 Å². The number of hydrogen-bond acceptors (Lipinski definition) is 3. The van der Waals surface area contributed by atoms with E-state index in [1.54, 1.807) is 12.1 Å². The van der Waals surface area contributed by atoms with Gasteiger partial charge >= 0.3 is 0 Å². The number of nitrogens with one attached hydrogen (secondary N) is 1. The second-order valence-electron chi connectivity index (χ2n) is 4.56. The van der Waals surface area contributed by atoms with Crippen LogP contribution in [0.3, 0.4) is 0 Å². The summed E-state index contributed by atoms with van der Waals surface area (Å²) in [6.45, 7) is 1.68. The minimum absolute atomic E-state index is 0.127. The Balaban J connectivity index is 2.15. The highest BCUT2D eigenvalue weighted by Crippen LogP contribution is 2.13. The standard InChI is InChI=1S/C15H13FN2O2S/c1-11-2-6-14(7-3-11)21(19,20)18-10-13-5-4-12(9-17)8-15(13)16/h2-8,18H,10H2,1H3. The van der Waals surface area contributed by atoms with E-state index in [4.69, 9.17) is 5.26 Å². The van der Waals surface area contributed by atoms with Gasteiger partial charge in [0.15, 0.2) is 0 Å². The molecule has 0 fully saturated rings. The van der Waals surface area contributed by atoms with Gasteiger partial charge in [-0.25, -0.2) is 17.5 Å². The van der Waals surface area contributed by atoms with Crippen molar-refractivity contribution in [1.82, 2.24) is 4.72 Å². The van der Waals surface area contributed by atoms with Crippen LogP contribution < -0.4 is 4.72 Å². The van der Waals surface area contributed by atoms with Gasteiger partial charge in [-0.1, -0.05) is 23.8 Å². The molecule has 0 atom stereocenters. The highest BCUT2D eigenvalue weighted by atomic mass is 32.2. The molecule has 0 heterocycles. The average Bonchev–Trinajstić information content (AvgIpc) is 2.46. The lowest BCUT2D eigenvalue weighted by molar-refractivity contribution is 0.574. The van der Waals surface area contributed by atoms with Gasteiger partial charge in [0.1, 0.15) is 5.82 Å². The molecule has 0 aliphatic carbocycles. The summed E-state index contributed by atoms with van der Waals surface area (Å²) >= 11 is 0. The molecule has 0 aliphatic heterocycles. The molecule has 2 rings (SSSR count). The minimum Gasteiger partial charge on any atom is -0.207 e. The first-order valence-electron chi connectivity index (χ1n) is 6.17. The molecule has 0 radical (unpaired) electrons. The third-order valence-electron chi connectivity index (χ3n) is 2.97. The van der Waals surface area contributed by atoms with Crippen LogP contribution in [0.15, 0.2) is 47.4 Å². The van der Waals surface area contributed by atoms with Crippen molar-refractivity contribution in [2.45, 2.75) is 18.4 Å². The first kappa shape index (κ1) is 15.2. The average molecular weight is 304 g/mol. The Labute approximate surface area is 122 Å². The largest absolute Gasteiger partial charge is 0.240 e. The first-order valence-corrected chi connectivity index (χ1v) is 7.65. The summed E-state index contributed by atoms with van der Waals surface area (Å²) in [6.07, 6.45) is 0. The van der Waals surface area contributed by atoms with Crippen LogP contribution in [0.5, 0.6) is 0 Å². The molecule has 2 aromatic carbocycles. The summed E-state index contributed by atoms with van der Waals surface area (Å²) < 4.78 is 40.2. The number of rotatable bonds is 4. The van der Waals surface area contributed by atoms with Gasteiger partial charge in [-0.3, -0.25) is 0 Å². The van der Waals surface area contributed by atoms with Crippen LogP contribution >= 0.6 is 0 Å². The van der Waals surface area contributed by atoms with Gasteiger partial charge in [0.05, 0.1) is 16.5 Å². The molecule has 108 valence electrons. The van der Waals surface area contributed by atoms with Gasteiger partial charge in [-0.2, -0.15) is 5.26 Å². The van der Waals surface area contributed by atoms with E-state index in [9.17, 15) is 12.8 Å². The van der Waals surface area contributed by atoms with E-state index in [0.29, 0.717) is 0 Å². The smallest absolute Gasteiger partial charge is 0.207 e. The van der Waals surface area contributed by atoms with Crippen molar-refractivity contribution in [1.29, 1.82) is 5.26 Å². The molecule has 0 saturated carbocycles. The summed E-state index contributed by atoms with van der Waals surface area (Å²) in [4.78, 5) is 0.127. The van der Waals surface area contributed by atoms with Gasteiger partial charge in [0.2, 0.25) is 10.0 Å². The summed E-state index contributed by atoms with van der Waals surface area (Å²) in [5.74, 6) is -0.611. The number of halogens is 1. The Morgan fingerprint density at radius 3 is 2.43 bits per heavy atom. The lowest BCUT2D eigenvalue weighted by atomic mass is 10.1. The van der Waals surface area contributed by atoms with Crippen LogP contribution in [-0.4, -0.2) is 8.42 Å². The normalized spacial score (nSPS) is 11.1. The second kappa shape index (κ2) is 6.04. The Kier molecular flexibility index (Phi) is 4.36. The van der Waals surface area contributed by atoms with Crippen molar-refractivity contribution in [2.75, 3.05) is 0 Å². The molecule has 0 unspecified atom stereocenters. The first-order chi connectivity index (χ1) is 9.92. The molecule has 0 aliphatic rings. The molecule has 1 N–H and O–H groups in total. The molecular formula is C15H13FN2O2S. The minimum atomic E-state index is -3.69. The van der Waals surface area contributed by atoms with Gasteiger partial charge in [-0.15, -0.1) is 0 Å². The summed E-state index contributed by atoms with van der Waals surface area (Å²) in [5, 5.41) is 8.65. The number of nitrogens with zero attached hydrogens (tertiary/aromatic N) is 1. The van der Waals surface area contributed by atoms with Gasteiger partial charge in [0, 0.05) is 12.1 Å². The van der Waals surface area contributed by atoms with Gasteiger partial charge < -0.3 is 0 Å². The molecule has 0 bridgehead atoms. The number of sulfonamides is 1. The van der Waals surface area contributed by atoms with Crippen molar-refractivity contribution in [3.8, 4) is 6.07 Å². The van der Waals surface area contributed by atoms with Crippen LogP contribution in [0.25, 0.3) is 0 Å². The molecule has 21 heavy (non-hydrogen) atoms. The van der Waals surface area contributed by atoms with Crippen LogP contribution in [0, 0.1) is 24.1 Å². The van der Waals surface area contributed by atoms with Gasteiger partial charge in [0.25, 0.3) is 0 Å². The zero-order valence-corrected chi connectivity index (χ0v) is 12.1. The molecule has 0 saturated heterocycles. The van der Waals surface area contributed by atoms with E-state index in [2.05, 4.69) is 4.72 Å². The van der Waals surface area contributed by atoms with E-state index in [1.165, 1.54) is 24.3 Å². The van der Waals surface area contributed by atoms with Crippen molar-refractivity contribution in [3.63, 3.8) is 0 Å². The van der Waals surface area contributed by atoms with E-state index < -0.39 is 15.8 Å². The monoisotopic (exact) mass is 304 g/mol. The van der Waals surface area contributed by atoms with Crippen molar-refractivity contribution < 1.29 is 12.8 Å². The SMILES string of the molecule is Cc1ccc(S(=O)(=O)NCc2ccc(C#N)cc2F)cc1. The Morgan fingerprint density at radius 2 is 1.86 bits per heavy atom. The van der Waals surface area contributed by atoms with Crippen LogP contribution in [-0.2, 0) is 16.6 Å². The summed E-state index contributed by atoms with van der Waals surface area (Å²) in [5.41, 5.74) is 1.33. The molecular weight excluding hydrogens is 291 g/mol. The molecule has 0 spiro atoms. The topological polar surface area (TPSA) is 70.0 Å². The Bertz CT molecular complexity index is 793. The zero-order chi connectivity index (χ0) is 15.5. The van der Waals surface area contributed by atoms with E-state index >= 15 is 0 Å². The predicted molar refractivity (Wildman–Crippen MR) is 76.3 cm³/mol. The summed E-state index contributed by atoms with van der Waals surface area (Å²) in [6, 6.07) is 12.1. The third kappa shape index (κ3) is 3.66. The van der Waals surface area contributed by atoms with Crippen molar-refractivity contribution >= 4 is 10.0 Å². The van der Waals surface area contributed by atoms with Crippen LogP contribution in [0.2, 0.25) is 0 Å². The predicted octanol–water partition coefficient (Wildman–Crippen LogP) is 2.48. The molecule has 6 heteroatoms. The summed E-state index contributed by atoms with van der Waals surface area (Å²) in [7, 11) is -3.69. The molecule has 0 amide bonds. The highest BCUT2D eigenvalue weighted by Gasteiger charge is 2.14. The Hall–Kier alpha value is -2.23. The lowest BCUT2D eigenvalue weighted by Gasteiger charge is -2.08. The third-order valence-corrected chi connectivity index (χ3v) is 4.38. The number of aryl methyl sites for hydroxylation is 1. The highest BCUT2D eigenvalue weighted by molar-refractivity contribution is 7.89. The number of benzene rings is 2. The fourth-order valence-electron chi connectivity index (χ4n) is 1.73. The quantitative estimate of drug-likeness (QED) is 0.943. The number of nitriles is 1. The zero-order valence-electron chi connectivity index (χ0n) is 11.3. The maximum Gasteiger partial charge on any atom is 0.240 e.